The molecule has 0 amide bonds. The molecular formula is C28H28N2. The smallest absolute Gasteiger partial charge is 0.0859 e. The number of rotatable bonds is 3. The van der Waals surface area contributed by atoms with Crippen molar-refractivity contribution in [1.82, 2.24) is 0 Å². The van der Waals surface area contributed by atoms with Crippen LogP contribution in [0.4, 0.5) is 5.69 Å². The fourth-order valence-electron chi connectivity index (χ4n) is 4.76. The summed E-state index contributed by atoms with van der Waals surface area (Å²) in [6, 6.07) is 28.7. The van der Waals surface area contributed by atoms with Gasteiger partial charge in [-0.25, -0.2) is 0 Å². The molecule has 1 aliphatic heterocycles. The van der Waals surface area contributed by atoms with Gasteiger partial charge in [0.05, 0.1) is 17.4 Å². The lowest BCUT2D eigenvalue weighted by Crippen LogP contribution is -2.28. The number of allylic oxidation sites excluding steroid dienone is 1. The Morgan fingerprint density at radius 3 is 2.20 bits per heavy atom. The standard InChI is InChI=1S/C28H28N2/c1-20-11-15-22(16-12-20)19-24-7-6-10-26-27(24)29-30(25-8-4-3-5-9-25)28(26)23-17-13-21(2)14-18-23/h3-5,8-9,11-19,26,28H,6-7,10H2,1-2H3/b24-19-/t26-,28-/m1/s1. The summed E-state index contributed by atoms with van der Waals surface area (Å²) in [4.78, 5) is 0. The number of aryl methyl sites for hydroxylation is 2. The third-order valence-corrected chi connectivity index (χ3v) is 6.36. The topological polar surface area (TPSA) is 15.6 Å². The maximum atomic E-state index is 5.24. The SMILES string of the molecule is Cc1ccc(/C=C2/CCC[C@@H]3C2=NN(c2ccccc2)[C@@H]3c2ccc(C)cc2)cc1. The van der Waals surface area contributed by atoms with Crippen LogP contribution in [0.15, 0.2) is 89.5 Å². The van der Waals surface area contributed by atoms with Crippen molar-refractivity contribution in [1.29, 1.82) is 0 Å². The second-order valence-electron chi connectivity index (χ2n) is 8.60. The van der Waals surface area contributed by atoms with E-state index in [0.717, 1.165) is 6.42 Å². The van der Waals surface area contributed by atoms with Gasteiger partial charge in [-0.3, -0.25) is 5.01 Å². The van der Waals surface area contributed by atoms with Gasteiger partial charge in [0, 0.05) is 5.92 Å². The van der Waals surface area contributed by atoms with E-state index in [1.807, 2.05) is 0 Å². The molecule has 1 aliphatic carbocycles. The zero-order valence-electron chi connectivity index (χ0n) is 17.8. The Kier molecular flexibility index (Phi) is 5.00. The molecule has 150 valence electrons. The number of benzene rings is 3. The minimum Gasteiger partial charge on any atom is -0.257 e. The van der Waals surface area contributed by atoms with Gasteiger partial charge in [-0.1, -0.05) is 77.9 Å². The van der Waals surface area contributed by atoms with Crippen LogP contribution < -0.4 is 5.01 Å². The van der Waals surface area contributed by atoms with Crippen molar-refractivity contribution in [3.63, 3.8) is 0 Å². The van der Waals surface area contributed by atoms with Crippen LogP contribution in [0.2, 0.25) is 0 Å². The fourth-order valence-corrected chi connectivity index (χ4v) is 4.76. The normalized spacial score (nSPS) is 22.1. The highest BCUT2D eigenvalue weighted by molar-refractivity contribution is 6.08. The van der Waals surface area contributed by atoms with Gasteiger partial charge in [0.2, 0.25) is 0 Å². The summed E-state index contributed by atoms with van der Waals surface area (Å²) in [7, 11) is 0. The molecule has 5 rings (SSSR count). The molecule has 0 unspecified atom stereocenters. The van der Waals surface area contributed by atoms with E-state index in [0.29, 0.717) is 5.92 Å². The van der Waals surface area contributed by atoms with Crippen LogP contribution in [-0.4, -0.2) is 5.71 Å². The van der Waals surface area contributed by atoms with Crippen molar-refractivity contribution in [3.8, 4) is 0 Å². The molecule has 0 radical (unpaired) electrons. The Balaban J connectivity index is 1.58. The first-order valence-corrected chi connectivity index (χ1v) is 11.0. The first kappa shape index (κ1) is 18.9. The zero-order valence-corrected chi connectivity index (χ0v) is 17.8. The molecule has 2 nitrogen and oxygen atoms in total. The summed E-state index contributed by atoms with van der Waals surface area (Å²) >= 11 is 0. The van der Waals surface area contributed by atoms with E-state index < -0.39 is 0 Å². The van der Waals surface area contributed by atoms with Gasteiger partial charge in [-0.2, -0.15) is 5.10 Å². The van der Waals surface area contributed by atoms with Crippen LogP contribution >= 0.6 is 0 Å². The fraction of sp³-hybridized carbons (Fsp3) is 0.250. The minimum atomic E-state index is 0.254. The largest absolute Gasteiger partial charge is 0.257 e. The van der Waals surface area contributed by atoms with E-state index in [1.165, 1.54) is 52.1 Å². The number of para-hydroxylation sites is 1. The Labute approximate surface area is 179 Å². The van der Waals surface area contributed by atoms with E-state index in [-0.39, 0.29) is 6.04 Å². The number of anilines is 1. The van der Waals surface area contributed by atoms with Gasteiger partial charge in [-0.05, 0) is 68.0 Å². The molecule has 0 spiro atoms. The second kappa shape index (κ2) is 7.95. The summed E-state index contributed by atoms with van der Waals surface area (Å²) in [6.07, 6.45) is 5.86. The van der Waals surface area contributed by atoms with Crippen molar-refractivity contribution in [2.24, 2.45) is 11.0 Å². The van der Waals surface area contributed by atoms with Crippen molar-refractivity contribution >= 4 is 17.5 Å². The Morgan fingerprint density at radius 1 is 0.833 bits per heavy atom. The molecule has 0 bridgehead atoms. The van der Waals surface area contributed by atoms with Gasteiger partial charge in [0.25, 0.3) is 0 Å². The van der Waals surface area contributed by atoms with E-state index in [9.17, 15) is 0 Å². The van der Waals surface area contributed by atoms with Crippen LogP contribution in [0.25, 0.3) is 6.08 Å². The molecule has 3 aromatic rings. The molecule has 30 heavy (non-hydrogen) atoms. The first-order valence-electron chi connectivity index (χ1n) is 11.0. The van der Waals surface area contributed by atoms with Crippen molar-refractivity contribution in [2.75, 3.05) is 5.01 Å². The quantitative estimate of drug-likeness (QED) is 0.464. The third-order valence-electron chi connectivity index (χ3n) is 6.36. The minimum absolute atomic E-state index is 0.254. The van der Waals surface area contributed by atoms with Crippen molar-refractivity contribution < 1.29 is 0 Å². The number of fused-ring (bicyclic) bond motifs is 1. The Morgan fingerprint density at radius 2 is 1.50 bits per heavy atom. The van der Waals surface area contributed by atoms with E-state index >= 15 is 0 Å². The summed E-state index contributed by atoms with van der Waals surface area (Å²) < 4.78 is 0. The summed E-state index contributed by atoms with van der Waals surface area (Å²) in [5, 5.41) is 7.50. The second-order valence-corrected chi connectivity index (χ2v) is 8.60. The van der Waals surface area contributed by atoms with Gasteiger partial charge in [-0.15, -0.1) is 0 Å². The van der Waals surface area contributed by atoms with Crippen LogP contribution in [-0.2, 0) is 0 Å². The molecule has 0 N–H and O–H groups in total. The molecule has 1 fully saturated rings. The average molecular weight is 393 g/mol. The molecular weight excluding hydrogens is 364 g/mol. The summed E-state index contributed by atoms with van der Waals surface area (Å²) in [6.45, 7) is 4.29. The zero-order chi connectivity index (χ0) is 20.5. The van der Waals surface area contributed by atoms with Gasteiger partial charge >= 0.3 is 0 Å². The van der Waals surface area contributed by atoms with E-state index in [4.69, 9.17) is 5.10 Å². The van der Waals surface area contributed by atoms with E-state index in [2.05, 4.69) is 104 Å². The van der Waals surface area contributed by atoms with Crippen LogP contribution in [0.3, 0.4) is 0 Å². The predicted molar refractivity (Wildman–Crippen MR) is 127 cm³/mol. The maximum Gasteiger partial charge on any atom is 0.0859 e. The Bertz CT molecular complexity index is 1080. The molecule has 3 aromatic carbocycles. The van der Waals surface area contributed by atoms with Crippen LogP contribution in [0, 0.1) is 19.8 Å². The average Bonchev–Trinajstić information content (AvgIpc) is 3.17. The van der Waals surface area contributed by atoms with Crippen LogP contribution in [0.1, 0.15) is 47.6 Å². The third kappa shape index (κ3) is 3.59. The summed E-state index contributed by atoms with van der Waals surface area (Å²) in [5.74, 6) is 0.429. The van der Waals surface area contributed by atoms with Crippen molar-refractivity contribution in [2.45, 2.75) is 39.2 Å². The summed E-state index contributed by atoms with van der Waals surface area (Å²) in [5.41, 5.74) is 9.05. The Hall–Kier alpha value is -3.13. The molecule has 0 aromatic heterocycles. The van der Waals surface area contributed by atoms with Gasteiger partial charge in [0.1, 0.15) is 0 Å². The van der Waals surface area contributed by atoms with Gasteiger partial charge < -0.3 is 0 Å². The molecule has 2 atom stereocenters. The highest BCUT2D eigenvalue weighted by Gasteiger charge is 2.41. The maximum absolute atomic E-state index is 5.24. The predicted octanol–water partition coefficient (Wildman–Crippen LogP) is 7.10. The van der Waals surface area contributed by atoms with Crippen LogP contribution in [0.5, 0.6) is 0 Å². The molecule has 2 heteroatoms. The monoisotopic (exact) mass is 392 g/mol. The lowest BCUT2D eigenvalue weighted by molar-refractivity contribution is 0.488. The first-order chi connectivity index (χ1) is 14.7. The molecule has 1 saturated carbocycles. The number of hydrazone groups is 1. The molecule has 2 aliphatic rings. The number of nitrogens with zero attached hydrogens (tertiary/aromatic N) is 2. The highest BCUT2D eigenvalue weighted by atomic mass is 15.5. The van der Waals surface area contributed by atoms with Gasteiger partial charge in [0.15, 0.2) is 0 Å². The number of hydrogen-bond donors (Lipinski definition) is 0. The molecule has 1 heterocycles. The molecule has 0 saturated heterocycles. The number of hydrogen-bond acceptors (Lipinski definition) is 2. The lowest BCUT2D eigenvalue weighted by atomic mass is 9.77. The highest BCUT2D eigenvalue weighted by Crippen LogP contribution is 2.46. The van der Waals surface area contributed by atoms with E-state index in [1.54, 1.807) is 0 Å². The van der Waals surface area contributed by atoms with Crippen molar-refractivity contribution in [3.05, 3.63) is 107 Å². The lowest BCUT2D eigenvalue weighted by Gasteiger charge is -2.30.